The molecule has 102 valence electrons. The number of fused-ring (bicyclic) bond motifs is 1. The molecule has 0 amide bonds. The van der Waals surface area contributed by atoms with Crippen LogP contribution < -0.4 is 0 Å². The lowest BCUT2D eigenvalue weighted by Crippen LogP contribution is -2.27. The van der Waals surface area contributed by atoms with Gasteiger partial charge in [-0.3, -0.25) is 0 Å². The first-order valence-corrected chi connectivity index (χ1v) is 7.28. The Balaban J connectivity index is 1.62. The zero-order valence-electron chi connectivity index (χ0n) is 11.3. The molecular formula is C16H22N2O. The van der Waals surface area contributed by atoms with E-state index in [0.717, 1.165) is 45.3 Å². The van der Waals surface area contributed by atoms with Crippen molar-refractivity contribution in [1.82, 2.24) is 9.88 Å². The summed E-state index contributed by atoms with van der Waals surface area (Å²) in [6.07, 6.45) is 6.14. The highest BCUT2D eigenvalue weighted by atomic mass is 16.3. The zero-order valence-corrected chi connectivity index (χ0v) is 11.3. The number of aromatic amines is 1. The molecule has 0 radical (unpaired) electrons. The van der Waals surface area contributed by atoms with E-state index in [-0.39, 0.29) is 6.10 Å². The quantitative estimate of drug-likeness (QED) is 0.888. The Labute approximate surface area is 114 Å². The molecule has 0 bridgehead atoms. The summed E-state index contributed by atoms with van der Waals surface area (Å²) in [5, 5.41) is 11.0. The van der Waals surface area contributed by atoms with Gasteiger partial charge in [0.25, 0.3) is 0 Å². The van der Waals surface area contributed by atoms with Crippen LogP contribution in [0.3, 0.4) is 0 Å². The third-order valence-corrected chi connectivity index (χ3v) is 4.16. The molecule has 0 unspecified atom stereocenters. The van der Waals surface area contributed by atoms with Gasteiger partial charge in [0.05, 0.1) is 6.10 Å². The van der Waals surface area contributed by atoms with Gasteiger partial charge in [0.2, 0.25) is 0 Å². The van der Waals surface area contributed by atoms with E-state index < -0.39 is 0 Å². The summed E-state index contributed by atoms with van der Waals surface area (Å²) in [6, 6.07) is 8.48. The minimum Gasteiger partial charge on any atom is -0.393 e. The molecule has 3 rings (SSSR count). The number of H-pyrrole nitrogens is 1. The second-order valence-electron chi connectivity index (χ2n) is 5.54. The molecular weight excluding hydrogens is 236 g/mol. The molecule has 2 N–H and O–H groups in total. The van der Waals surface area contributed by atoms with E-state index in [1.807, 2.05) is 0 Å². The number of aliphatic hydroxyl groups is 1. The van der Waals surface area contributed by atoms with Gasteiger partial charge in [-0.25, -0.2) is 0 Å². The molecule has 1 aromatic carbocycles. The third-order valence-electron chi connectivity index (χ3n) is 4.16. The third kappa shape index (κ3) is 2.99. The van der Waals surface area contributed by atoms with Crippen molar-refractivity contribution in [2.45, 2.75) is 31.8 Å². The predicted molar refractivity (Wildman–Crippen MR) is 78.3 cm³/mol. The van der Waals surface area contributed by atoms with Crippen LogP contribution in [0.5, 0.6) is 0 Å². The van der Waals surface area contributed by atoms with Crippen molar-refractivity contribution in [3.8, 4) is 0 Å². The highest BCUT2D eigenvalue weighted by Crippen LogP contribution is 2.19. The summed E-state index contributed by atoms with van der Waals surface area (Å²) in [5.74, 6) is 0. The molecule has 1 atom stereocenters. The molecule has 3 nitrogen and oxygen atoms in total. The van der Waals surface area contributed by atoms with E-state index >= 15 is 0 Å². The van der Waals surface area contributed by atoms with E-state index in [9.17, 15) is 5.11 Å². The van der Waals surface area contributed by atoms with Crippen LogP contribution in [0, 0.1) is 0 Å². The Bertz CT molecular complexity index is 534. The van der Waals surface area contributed by atoms with Crippen LogP contribution >= 0.6 is 0 Å². The SMILES string of the molecule is O[C@@H]1CCCN(CCc2c[nH]c3ccccc23)CC1. The van der Waals surface area contributed by atoms with Crippen molar-refractivity contribution in [3.05, 3.63) is 36.0 Å². The van der Waals surface area contributed by atoms with Crippen LogP contribution in [0.25, 0.3) is 10.9 Å². The highest BCUT2D eigenvalue weighted by molar-refractivity contribution is 5.83. The zero-order chi connectivity index (χ0) is 13.1. The van der Waals surface area contributed by atoms with Crippen LogP contribution in [-0.4, -0.2) is 40.7 Å². The van der Waals surface area contributed by atoms with Crippen LogP contribution in [0.4, 0.5) is 0 Å². The summed E-state index contributed by atoms with van der Waals surface area (Å²) >= 11 is 0. The van der Waals surface area contributed by atoms with Gasteiger partial charge in [-0.1, -0.05) is 18.2 Å². The molecule has 0 saturated carbocycles. The average molecular weight is 258 g/mol. The van der Waals surface area contributed by atoms with Crippen molar-refractivity contribution in [2.24, 2.45) is 0 Å². The molecule has 2 heterocycles. The summed E-state index contributed by atoms with van der Waals surface area (Å²) in [4.78, 5) is 5.82. The second kappa shape index (κ2) is 5.76. The second-order valence-corrected chi connectivity index (χ2v) is 5.54. The fourth-order valence-corrected chi connectivity index (χ4v) is 2.98. The Morgan fingerprint density at radius 2 is 2.11 bits per heavy atom. The Morgan fingerprint density at radius 3 is 3.05 bits per heavy atom. The number of aliphatic hydroxyl groups excluding tert-OH is 1. The molecule has 0 aliphatic carbocycles. The van der Waals surface area contributed by atoms with E-state index in [2.05, 4.69) is 40.3 Å². The number of benzene rings is 1. The molecule has 1 saturated heterocycles. The number of aromatic nitrogens is 1. The van der Waals surface area contributed by atoms with Gasteiger partial charge in [-0.05, 0) is 43.9 Å². The molecule has 19 heavy (non-hydrogen) atoms. The van der Waals surface area contributed by atoms with E-state index in [1.165, 1.54) is 16.5 Å². The van der Waals surface area contributed by atoms with Gasteiger partial charge >= 0.3 is 0 Å². The lowest BCUT2D eigenvalue weighted by Gasteiger charge is -2.19. The van der Waals surface area contributed by atoms with Gasteiger partial charge < -0.3 is 15.0 Å². The summed E-state index contributed by atoms with van der Waals surface area (Å²) in [7, 11) is 0. The molecule has 3 heteroatoms. The fraction of sp³-hybridized carbons (Fsp3) is 0.500. The van der Waals surface area contributed by atoms with Gasteiger partial charge in [-0.2, -0.15) is 0 Å². The summed E-state index contributed by atoms with van der Waals surface area (Å²) in [6.45, 7) is 3.25. The number of rotatable bonds is 3. The molecule has 1 aliphatic heterocycles. The minimum absolute atomic E-state index is 0.0851. The monoisotopic (exact) mass is 258 g/mol. The first-order chi connectivity index (χ1) is 9.33. The molecule has 1 aromatic heterocycles. The van der Waals surface area contributed by atoms with Gasteiger partial charge in [0, 0.05) is 30.2 Å². The van der Waals surface area contributed by atoms with Gasteiger partial charge in [-0.15, -0.1) is 0 Å². The molecule has 2 aromatic rings. The maximum atomic E-state index is 9.67. The first kappa shape index (κ1) is 12.7. The van der Waals surface area contributed by atoms with Crippen LogP contribution in [0.2, 0.25) is 0 Å². The van der Waals surface area contributed by atoms with E-state index in [1.54, 1.807) is 0 Å². The molecule has 1 fully saturated rings. The van der Waals surface area contributed by atoms with Crippen molar-refractivity contribution < 1.29 is 5.11 Å². The van der Waals surface area contributed by atoms with Crippen LogP contribution in [0.15, 0.2) is 30.5 Å². The normalized spacial score (nSPS) is 21.6. The van der Waals surface area contributed by atoms with E-state index in [0.29, 0.717) is 0 Å². The molecule has 0 spiro atoms. The van der Waals surface area contributed by atoms with Crippen molar-refractivity contribution >= 4 is 10.9 Å². The highest BCUT2D eigenvalue weighted by Gasteiger charge is 2.14. The Hall–Kier alpha value is -1.32. The van der Waals surface area contributed by atoms with E-state index in [4.69, 9.17) is 0 Å². The first-order valence-electron chi connectivity index (χ1n) is 7.28. The smallest absolute Gasteiger partial charge is 0.0553 e. The standard InChI is InChI=1S/C16H22N2O/c19-14-4-3-9-18(11-8-14)10-7-13-12-17-16-6-2-1-5-15(13)16/h1-2,5-6,12,14,17,19H,3-4,7-11H2/t14-/m1/s1. The topological polar surface area (TPSA) is 39.3 Å². The van der Waals surface area contributed by atoms with Crippen molar-refractivity contribution in [3.63, 3.8) is 0 Å². The largest absolute Gasteiger partial charge is 0.393 e. The summed E-state index contributed by atoms with van der Waals surface area (Å²) < 4.78 is 0. The van der Waals surface area contributed by atoms with Crippen molar-refractivity contribution in [1.29, 1.82) is 0 Å². The van der Waals surface area contributed by atoms with Crippen LogP contribution in [-0.2, 0) is 6.42 Å². The summed E-state index contributed by atoms with van der Waals surface area (Å²) in [5.41, 5.74) is 2.63. The number of nitrogens with one attached hydrogen (secondary N) is 1. The number of likely N-dealkylation sites (tertiary alicyclic amines) is 1. The predicted octanol–water partition coefficient (Wildman–Crippen LogP) is 2.56. The Kier molecular flexibility index (Phi) is 3.85. The Morgan fingerprint density at radius 1 is 1.21 bits per heavy atom. The number of para-hydroxylation sites is 1. The number of hydrogen-bond acceptors (Lipinski definition) is 2. The lowest BCUT2D eigenvalue weighted by atomic mass is 10.1. The maximum absolute atomic E-state index is 9.67. The maximum Gasteiger partial charge on any atom is 0.0553 e. The minimum atomic E-state index is -0.0851. The fourth-order valence-electron chi connectivity index (χ4n) is 2.98. The number of hydrogen-bond donors (Lipinski definition) is 2. The van der Waals surface area contributed by atoms with Gasteiger partial charge in [0.15, 0.2) is 0 Å². The lowest BCUT2D eigenvalue weighted by molar-refractivity contribution is 0.155. The molecule has 1 aliphatic rings. The van der Waals surface area contributed by atoms with Crippen LogP contribution in [0.1, 0.15) is 24.8 Å². The van der Waals surface area contributed by atoms with Crippen molar-refractivity contribution in [2.75, 3.05) is 19.6 Å². The average Bonchev–Trinajstić information content (AvgIpc) is 2.73. The number of nitrogens with zero attached hydrogens (tertiary/aromatic N) is 1. The van der Waals surface area contributed by atoms with Gasteiger partial charge in [0.1, 0.15) is 0 Å².